The van der Waals surface area contributed by atoms with Gasteiger partial charge in [0.2, 0.25) is 11.8 Å². The van der Waals surface area contributed by atoms with Gasteiger partial charge in [0.05, 0.1) is 0 Å². The Morgan fingerprint density at radius 2 is 2.35 bits per heavy atom. The van der Waals surface area contributed by atoms with Gasteiger partial charge in [0.15, 0.2) is 0 Å². The molecule has 1 aromatic carbocycles. The molecule has 7 heteroatoms. The van der Waals surface area contributed by atoms with Crippen molar-refractivity contribution in [2.24, 2.45) is 0 Å². The Bertz CT molecular complexity index is 541. The van der Waals surface area contributed by atoms with Gasteiger partial charge < -0.3 is 10.5 Å². The lowest BCUT2D eigenvalue weighted by atomic mass is 10.2. The maximum Gasteiger partial charge on any atom is 0.376 e. The molecule has 2 rings (SSSR count). The van der Waals surface area contributed by atoms with Crippen LogP contribution in [0.1, 0.15) is 16.2 Å². The van der Waals surface area contributed by atoms with Crippen molar-refractivity contribution in [1.29, 1.82) is 0 Å². The normalized spacial score (nSPS) is 10.2. The van der Waals surface area contributed by atoms with Crippen molar-refractivity contribution in [2.45, 2.75) is 6.61 Å². The first-order valence-electron chi connectivity index (χ1n) is 4.74. The molecule has 0 saturated carbocycles. The van der Waals surface area contributed by atoms with Crippen molar-refractivity contribution in [3.8, 4) is 0 Å². The molecule has 0 aliphatic rings. The van der Waals surface area contributed by atoms with E-state index in [0.717, 1.165) is 10.0 Å². The molecule has 0 bridgehead atoms. The van der Waals surface area contributed by atoms with Crippen LogP contribution in [0.5, 0.6) is 0 Å². The van der Waals surface area contributed by atoms with Crippen LogP contribution in [-0.4, -0.2) is 21.2 Å². The Labute approximate surface area is 105 Å². The summed E-state index contributed by atoms with van der Waals surface area (Å²) in [6.07, 6.45) is 0. The van der Waals surface area contributed by atoms with Crippen LogP contribution in [0.3, 0.4) is 0 Å². The number of esters is 1. The number of halogens is 1. The summed E-state index contributed by atoms with van der Waals surface area (Å²) in [7, 11) is 0. The van der Waals surface area contributed by atoms with Gasteiger partial charge in [-0.3, -0.25) is 5.10 Å². The number of aromatic nitrogens is 3. The monoisotopic (exact) mass is 296 g/mol. The van der Waals surface area contributed by atoms with Crippen molar-refractivity contribution in [3.63, 3.8) is 0 Å². The standard InChI is InChI=1S/C10H9BrN4O2/c11-7-3-1-2-6(4-7)5-17-9(16)8-13-10(12)15-14-8/h1-4H,5H2,(H3,12,13,14,15). The number of H-pyrrole nitrogens is 1. The molecule has 0 unspecified atom stereocenters. The van der Waals surface area contributed by atoms with Gasteiger partial charge in [-0.05, 0) is 17.7 Å². The van der Waals surface area contributed by atoms with Crippen molar-refractivity contribution in [3.05, 3.63) is 40.1 Å². The summed E-state index contributed by atoms with van der Waals surface area (Å²) in [5, 5.41) is 5.92. The van der Waals surface area contributed by atoms with Crippen LogP contribution in [0.2, 0.25) is 0 Å². The number of ether oxygens (including phenoxy) is 1. The van der Waals surface area contributed by atoms with Gasteiger partial charge in [-0.1, -0.05) is 28.1 Å². The molecule has 1 aromatic heterocycles. The Balaban J connectivity index is 1.97. The molecule has 0 saturated heterocycles. The van der Waals surface area contributed by atoms with Crippen LogP contribution in [-0.2, 0) is 11.3 Å². The van der Waals surface area contributed by atoms with Crippen LogP contribution in [0, 0.1) is 0 Å². The van der Waals surface area contributed by atoms with Gasteiger partial charge in [-0.2, -0.15) is 4.98 Å². The summed E-state index contributed by atoms with van der Waals surface area (Å²) >= 11 is 3.33. The molecule has 0 aliphatic carbocycles. The number of carbonyl (C=O) groups is 1. The molecular weight excluding hydrogens is 288 g/mol. The van der Waals surface area contributed by atoms with E-state index in [9.17, 15) is 4.79 Å². The summed E-state index contributed by atoms with van der Waals surface area (Å²) in [6.45, 7) is 0.166. The molecule has 0 fully saturated rings. The number of nitrogen functional groups attached to an aromatic ring is 1. The van der Waals surface area contributed by atoms with Gasteiger partial charge in [0.25, 0.3) is 0 Å². The van der Waals surface area contributed by atoms with E-state index >= 15 is 0 Å². The summed E-state index contributed by atoms with van der Waals surface area (Å²) in [5.74, 6) is -0.578. The molecule has 3 N–H and O–H groups in total. The van der Waals surface area contributed by atoms with E-state index in [1.807, 2.05) is 24.3 Å². The minimum Gasteiger partial charge on any atom is -0.455 e. The van der Waals surface area contributed by atoms with Gasteiger partial charge in [-0.15, -0.1) is 5.10 Å². The third kappa shape index (κ3) is 3.04. The van der Waals surface area contributed by atoms with Crippen LogP contribution in [0.4, 0.5) is 5.95 Å². The highest BCUT2D eigenvalue weighted by Crippen LogP contribution is 2.12. The molecule has 0 atom stereocenters. The van der Waals surface area contributed by atoms with Gasteiger partial charge in [-0.25, -0.2) is 4.79 Å². The average Bonchev–Trinajstić information content (AvgIpc) is 2.73. The number of aromatic amines is 1. The highest BCUT2D eigenvalue weighted by Gasteiger charge is 2.12. The summed E-state index contributed by atoms with van der Waals surface area (Å²) in [5.41, 5.74) is 6.15. The maximum atomic E-state index is 11.5. The SMILES string of the molecule is Nc1n[nH]c(C(=O)OCc2cccc(Br)c2)n1. The number of hydrogen-bond acceptors (Lipinski definition) is 5. The van der Waals surface area contributed by atoms with E-state index in [1.165, 1.54) is 0 Å². The zero-order valence-electron chi connectivity index (χ0n) is 8.68. The minimum atomic E-state index is -0.589. The highest BCUT2D eigenvalue weighted by molar-refractivity contribution is 9.10. The second-order valence-corrected chi connectivity index (χ2v) is 4.16. The van der Waals surface area contributed by atoms with Crippen molar-refractivity contribution < 1.29 is 9.53 Å². The number of hydrogen-bond donors (Lipinski definition) is 2. The largest absolute Gasteiger partial charge is 0.455 e. The zero-order chi connectivity index (χ0) is 12.3. The van der Waals surface area contributed by atoms with E-state index < -0.39 is 5.97 Å². The van der Waals surface area contributed by atoms with Gasteiger partial charge >= 0.3 is 5.97 Å². The molecule has 17 heavy (non-hydrogen) atoms. The lowest BCUT2D eigenvalue weighted by molar-refractivity contribution is 0.0458. The summed E-state index contributed by atoms with van der Waals surface area (Å²) in [4.78, 5) is 15.2. The summed E-state index contributed by atoms with van der Waals surface area (Å²) < 4.78 is 5.96. The van der Waals surface area contributed by atoms with Crippen LogP contribution >= 0.6 is 15.9 Å². The van der Waals surface area contributed by atoms with Crippen molar-refractivity contribution in [1.82, 2.24) is 15.2 Å². The molecule has 0 radical (unpaired) electrons. The van der Waals surface area contributed by atoms with Crippen LogP contribution in [0.15, 0.2) is 28.7 Å². The minimum absolute atomic E-state index is 0.00232. The lowest BCUT2D eigenvalue weighted by Gasteiger charge is -2.02. The molecular formula is C10H9BrN4O2. The number of nitrogens with one attached hydrogen (secondary N) is 1. The van der Waals surface area contributed by atoms with Gasteiger partial charge in [0, 0.05) is 4.47 Å². The third-order valence-electron chi connectivity index (χ3n) is 1.96. The van der Waals surface area contributed by atoms with Crippen LogP contribution < -0.4 is 5.73 Å². The maximum absolute atomic E-state index is 11.5. The first-order chi connectivity index (χ1) is 8.15. The molecule has 2 aromatic rings. The third-order valence-corrected chi connectivity index (χ3v) is 2.45. The Morgan fingerprint density at radius 1 is 1.53 bits per heavy atom. The predicted octanol–water partition coefficient (Wildman–Crippen LogP) is 1.51. The first kappa shape index (κ1) is 11.6. The number of rotatable bonds is 3. The second-order valence-electron chi connectivity index (χ2n) is 3.25. The van der Waals surface area contributed by atoms with E-state index in [-0.39, 0.29) is 18.4 Å². The number of anilines is 1. The molecule has 0 aliphatic heterocycles. The Kier molecular flexibility index (Phi) is 3.38. The van der Waals surface area contributed by atoms with Crippen LogP contribution in [0.25, 0.3) is 0 Å². The fraction of sp³-hybridized carbons (Fsp3) is 0.100. The predicted molar refractivity (Wildman–Crippen MR) is 64.1 cm³/mol. The number of carbonyl (C=O) groups excluding carboxylic acids is 1. The number of benzene rings is 1. The fourth-order valence-corrected chi connectivity index (χ4v) is 1.66. The second kappa shape index (κ2) is 4.96. The number of nitrogens with two attached hydrogens (primary N) is 1. The van der Waals surface area contributed by atoms with Crippen molar-refractivity contribution >= 4 is 27.8 Å². The lowest BCUT2D eigenvalue weighted by Crippen LogP contribution is -2.07. The number of nitrogens with zero attached hydrogens (tertiary/aromatic N) is 2. The fourth-order valence-electron chi connectivity index (χ4n) is 1.21. The van der Waals surface area contributed by atoms with Gasteiger partial charge in [0.1, 0.15) is 6.61 Å². The first-order valence-corrected chi connectivity index (χ1v) is 5.54. The Morgan fingerprint density at radius 3 is 3.00 bits per heavy atom. The van der Waals surface area contributed by atoms with E-state index in [4.69, 9.17) is 10.5 Å². The topological polar surface area (TPSA) is 93.9 Å². The summed E-state index contributed by atoms with van der Waals surface area (Å²) in [6, 6.07) is 7.47. The molecule has 0 amide bonds. The quantitative estimate of drug-likeness (QED) is 0.837. The van der Waals surface area contributed by atoms with Crippen molar-refractivity contribution in [2.75, 3.05) is 5.73 Å². The average molecular weight is 297 g/mol. The van der Waals surface area contributed by atoms with E-state index in [1.54, 1.807) is 0 Å². The van der Waals surface area contributed by atoms with E-state index in [2.05, 4.69) is 31.1 Å². The molecule has 1 heterocycles. The molecule has 88 valence electrons. The Hall–Kier alpha value is -1.89. The van der Waals surface area contributed by atoms with E-state index in [0.29, 0.717) is 0 Å². The zero-order valence-corrected chi connectivity index (χ0v) is 10.3. The highest BCUT2D eigenvalue weighted by atomic mass is 79.9. The molecule has 6 nitrogen and oxygen atoms in total. The smallest absolute Gasteiger partial charge is 0.376 e. The molecule has 0 spiro atoms.